The summed E-state index contributed by atoms with van der Waals surface area (Å²) in [5.41, 5.74) is 2.94. The Morgan fingerprint density at radius 3 is 2.21 bits per heavy atom. The van der Waals surface area contributed by atoms with Gasteiger partial charge in [0.2, 0.25) is 35.0 Å². The van der Waals surface area contributed by atoms with Crippen LogP contribution in [-0.2, 0) is 97.2 Å². The summed E-state index contributed by atoms with van der Waals surface area (Å²) in [6.07, 6.45) is -8.30. The highest BCUT2D eigenvalue weighted by molar-refractivity contribution is 14.1. The van der Waals surface area contributed by atoms with Gasteiger partial charge in [-0.1, -0.05) is 116 Å². The first kappa shape index (κ1) is 109. The van der Waals surface area contributed by atoms with Gasteiger partial charge in [0, 0.05) is 116 Å². The Bertz CT molecular complexity index is 4650. The molecule has 728 valence electrons. The monoisotopic (exact) mass is 2030 g/mol. The van der Waals surface area contributed by atoms with E-state index in [0.29, 0.717) is 71.0 Å². The third-order valence-electron chi connectivity index (χ3n) is 24.7. The second-order valence-electron chi connectivity index (χ2n) is 35.2. The number of amides is 5. The number of carbonyl (C=O) groups is 11. The van der Waals surface area contributed by atoms with Crippen LogP contribution in [0, 0.1) is 64.8 Å². The smallest absolute Gasteiger partial charge is 0.407 e. The summed E-state index contributed by atoms with van der Waals surface area (Å²) >= 11 is 4.25. The maximum absolute atomic E-state index is 14.6. The molecule has 2 aromatic carbocycles. The van der Waals surface area contributed by atoms with Gasteiger partial charge in [0.25, 0.3) is 0 Å². The van der Waals surface area contributed by atoms with Gasteiger partial charge in [0.1, 0.15) is 66.3 Å². The molecule has 132 heavy (non-hydrogen) atoms. The van der Waals surface area contributed by atoms with Crippen LogP contribution in [-0.4, -0.2) is 267 Å². The first-order valence-corrected chi connectivity index (χ1v) is 50.3. The van der Waals surface area contributed by atoms with E-state index >= 15 is 0 Å². The lowest BCUT2D eigenvalue weighted by Gasteiger charge is -2.46. The number of hydrogen-bond acceptors (Lipinski definition) is 33. The number of hydroxylamine groups is 1. The van der Waals surface area contributed by atoms with Crippen molar-refractivity contribution in [3.8, 4) is 35.2 Å². The number of anilines is 1. The van der Waals surface area contributed by atoms with Gasteiger partial charge in [0.05, 0.1) is 89.8 Å². The van der Waals surface area contributed by atoms with Crippen molar-refractivity contribution in [2.24, 2.45) is 23.7 Å². The molecule has 9 rings (SSSR count). The fourth-order valence-corrected chi connectivity index (χ4v) is 21.6. The molecule has 9 N–H and O–H groups in total. The van der Waals surface area contributed by atoms with Crippen molar-refractivity contribution in [2.75, 3.05) is 58.4 Å². The van der Waals surface area contributed by atoms with Gasteiger partial charge in [0.15, 0.2) is 36.0 Å². The third kappa shape index (κ3) is 29.3. The van der Waals surface area contributed by atoms with Crippen molar-refractivity contribution in [2.45, 2.75) is 312 Å². The lowest BCUT2D eigenvalue weighted by molar-refractivity contribution is -0.335. The number of allylic oxidation sites excluding steroid dienone is 2. The van der Waals surface area contributed by atoms with Crippen molar-refractivity contribution in [1.29, 1.82) is 0 Å². The number of alkyl carbamates (subject to hydrolysis) is 1. The summed E-state index contributed by atoms with van der Waals surface area (Å²) in [7, 11) is 6.80. The second-order valence-corrected chi connectivity index (χ2v) is 41.5. The van der Waals surface area contributed by atoms with Gasteiger partial charge in [-0.15, -0.1) is 0 Å². The minimum Gasteiger partial charge on any atom is -0.496 e. The minimum atomic E-state index is -2.18. The van der Waals surface area contributed by atoms with Crippen molar-refractivity contribution in [3.63, 3.8) is 0 Å². The summed E-state index contributed by atoms with van der Waals surface area (Å²) in [6.45, 7) is 21.7. The van der Waals surface area contributed by atoms with Crippen LogP contribution < -0.4 is 30.9 Å². The number of likely N-dealkylation sites (tertiary alicyclic amines) is 1. The lowest BCUT2D eigenvalue weighted by atomic mass is 9.72. The molecule has 0 saturated carbocycles. The molecule has 5 fully saturated rings. The van der Waals surface area contributed by atoms with E-state index in [-0.39, 0.29) is 169 Å². The number of nitrogens with one attached hydrogen (secondary N) is 4. The number of ketones is 4. The molecule has 2 aromatic rings. The number of hydrogen-bond donors (Lipinski definition) is 9. The molecular formula is C94H128IN5O28S4. The molecule has 19 unspecified atom stereocenters. The Hall–Kier alpha value is -6.88. The fraction of sp³-hybridized carbons (Fsp3) is 0.649. The summed E-state index contributed by atoms with van der Waals surface area (Å²) in [4.78, 5) is 153. The zero-order valence-electron chi connectivity index (χ0n) is 77.7. The maximum Gasteiger partial charge on any atom is 0.407 e. The molecule has 5 amide bonds. The van der Waals surface area contributed by atoms with Gasteiger partial charge in [-0.25, -0.2) is 4.79 Å². The Labute approximate surface area is 801 Å². The van der Waals surface area contributed by atoms with Crippen LogP contribution in [0.4, 0.5) is 10.5 Å². The molecule has 7 aliphatic rings. The van der Waals surface area contributed by atoms with Crippen LogP contribution in [0.5, 0.6) is 11.5 Å². The van der Waals surface area contributed by atoms with Crippen LogP contribution in [0.3, 0.4) is 0 Å². The summed E-state index contributed by atoms with van der Waals surface area (Å²) in [5.74, 6) is 8.34. The number of methoxy groups -OCH3 is 3. The topological polar surface area (TPSA) is 451 Å². The van der Waals surface area contributed by atoms with Crippen molar-refractivity contribution in [1.82, 2.24) is 21.0 Å². The highest BCUT2D eigenvalue weighted by Crippen LogP contribution is 2.47. The molecule has 0 aromatic heterocycles. The first-order chi connectivity index (χ1) is 62.6. The number of ether oxygens (including phenoxy) is 11. The maximum atomic E-state index is 14.6. The van der Waals surface area contributed by atoms with E-state index in [4.69, 9.17) is 56.9 Å². The summed E-state index contributed by atoms with van der Waals surface area (Å²) < 4.78 is 66.9. The molecule has 0 spiro atoms. The SMILES string of the molecule is CCC(C)[C@H](NC(=O)CCCCCN1C(=O)CC(SC)C1=O)C(=O)C[C@@H](C)C(=O)Nc1ccc(COC(=O)NCCCC(=O)CCC(C)(C)SSC/C=C2/C3=C(CC(=O)OC)C(=O)C[C@@]2(O)C#C/C=C\C#C[C@@H]3OC2OC(C)C(NOC3CC(O)C(SC(=O)c4c(C)c(I)c(OC5OC(C)C(O)C(OC)C5O)c(C)c4OC)C(C)O3)C(O)C2OC2CC(C)C(CC(C)=O)CO2)cc1. The number of halogens is 1. The largest absolute Gasteiger partial charge is 0.496 e. The molecule has 5 heterocycles. The van der Waals surface area contributed by atoms with Crippen LogP contribution in [0.1, 0.15) is 199 Å². The van der Waals surface area contributed by atoms with Crippen molar-refractivity contribution in [3.05, 3.63) is 85.0 Å². The van der Waals surface area contributed by atoms with Gasteiger partial charge in [-0.2, -0.15) is 17.2 Å². The predicted molar refractivity (Wildman–Crippen MR) is 503 cm³/mol. The van der Waals surface area contributed by atoms with E-state index in [1.54, 1.807) is 78.1 Å². The number of fused-ring (bicyclic) bond motifs is 2. The molecule has 5 aliphatic heterocycles. The number of esters is 1. The van der Waals surface area contributed by atoms with Gasteiger partial charge in [-0.05, 0) is 163 Å². The predicted octanol–water partition coefficient (Wildman–Crippen LogP) is 9.66. The van der Waals surface area contributed by atoms with E-state index in [1.807, 2.05) is 57.2 Å². The molecule has 38 heteroatoms. The van der Waals surface area contributed by atoms with E-state index in [9.17, 15) is 78.3 Å². The number of aliphatic hydroxyl groups excluding tert-OH is 4. The fourth-order valence-electron chi connectivity index (χ4n) is 16.6. The number of unbranched alkanes of at least 4 members (excludes halogenated alkanes) is 2. The quantitative estimate of drug-likeness (QED) is 0.00566. The Kier molecular flexibility index (Phi) is 42.0. The normalized spacial score (nSPS) is 29.0. The summed E-state index contributed by atoms with van der Waals surface area (Å²) in [5, 5.41) is 65.9. The third-order valence-corrected chi connectivity index (χ3v) is 31.5. The highest BCUT2D eigenvalue weighted by atomic mass is 127. The molecule has 2 aliphatic carbocycles. The van der Waals surface area contributed by atoms with E-state index in [2.05, 4.69) is 45.1 Å². The molecule has 5 saturated heterocycles. The van der Waals surface area contributed by atoms with Gasteiger partial charge < -0.3 is 98.4 Å². The average molecular weight is 2030 g/mol. The minimum absolute atomic E-state index is 0.00235. The second kappa shape index (κ2) is 51.0. The zero-order valence-corrected chi connectivity index (χ0v) is 83.1. The number of benzene rings is 2. The van der Waals surface area contributed by atoms with Crippen LogP contribution in [0.2, 0.25) is 0 Å². The Balaban J connectivity index is 0.777. The number of nitrogens with zero attached hydrogens (tertiary/aromatic N) is 1. The first-order valence-electron chi connectivity index (χ1n) is 44.7. The molecule has 2 bridgehead atoms. The van der Waals surface area contributed by atoms with Crippen LogP contribution in [0.15, 0.2) is 59.2 Å². The number of imide groups is 1. The number of aliphatic hydroxyl groups is 5. The Morgan fingerprint density at radius 1 is 0.826 bits per heavy atom. The lowest BCUT2D eigenvalue weighted by Crippen LogP contribution is -2.64. The number of thioether (sulfide) groups is 2. The number of carbonyl (C=O) groups excluding carboxylic acids is 11. The van der Waals surface area contributed by atoms with Gasteiger partial charge in [-0.3, -0.25) is 52.9 Å². The average Bonchev–Trinajstić information content (AvgIpc) is 0.944. The zero-order chi connectivity index (χ0) is 96.8. The van der Waals surface area contributed by atoms with E-state index in [1.165, 1.54) is 78.7 Å². The molecule has 33 nitrogen and oxygen atoms in total. The van der Waals surface area contributed by atoms with E-state index < -0.39 is 162 Å². The molecular weight excluding hydrogens is 1900 g/mol. The van der Waals surface area contributed by atoms with Crippen LogP contribution >= 0.6 is 67.7 Å². The molecule has 0 radical (unpaired) electrons. The van der Waals surface area contributed by atoms with Crippen LogP contribution in [0.25, 0.3) is 0 Å². The van der Waals surface area contributed by atoms with Crippen molar-refractivity contribution < 1.29 is 135 Å². The Morgan fingerprint density at radius 2 is 1.55 bits per heavy atom. The van der Waals surface area contributed by atoms with Gasteiger partial charge >= 0.3 is 12.1 Å². The molecule has 23 atom stereocenters. The summed E-state index contributed by atoms with van der Waals surface area (Å²) in [6, 6.07) is 4.72. The van der Waals surface area contributed by atoms with E-state index in [0.717, 1.165) is 11.8 Å². The number of rotatable bonds is 45. The highest BCUT2D eigenvalue weighted by Gasteiger charge is 2.53. The standard InChI is InChI=1S/C94H128IN5O28S4/c1-17-49(2)77(98-69(106)28-22-20-24-38-100-70(107)45-68(129-16)88(100)113)64(103)40-51(4)87(112)97-60-31-29-58(30-32-60)47-121-92(115)96-37-25-26-61(102)33-36-93(11,12)132-130-39-34-63-75-62(43-71(108)117-13)66(105)46-94(63,116)35-23-19-18-21-27-67(75)125-91-85(126-72-41-50(3)59(48-120-72)42-52(5)101)80(110)78(55(8)123-91)99-128-73-44-65(104)86(57(10)122-73)131-89(114)74-53(6)76(95)83(54(7)82(74)118-14)127-90-81(111)84(119-15)79(109)56(9)124-90/h18-19,29-32,34,49-51,55-57,59,65,67-68,72-73,77-81,84-86,90-91,99,104,109-111,116H,17,20,22,24-26,28,33,36-48H2,1-16H3,(H,96,115)(H,97,112)(H,98,106)/b19-18-,63-34-/t49?,50?,51-,55?,56?,57?,59?,65?,67+,68?,72?,73?,77+,78?,79?,80?,81?,84?,85?,86?,90?,91?,94+/m1/s1. The number of Topliss-reactive ketones (excluding diaryl/α,β-unsaturated/α-hetero) is 4. The van der Waals surface area contributed by atoms with Crippen molar-refractivity contribution >= 4 is 137 Å².